The monoisotopic (exact) mass is 1270 g/mol. The first kappa shape index (κ1) is 78.7. The van der Waals surface area contributed by atoms with E-state index in [1.54, 1.807) is 11.0 Å². The fourth-order valence-electron chi connectivity index (χ4n) is 8.37. The van der Waals surface area contributed by atoms with Gasteiger partial charge < -0.3 is 119 Å². The molecule has 0 spiro atoms. The quantitative estimate of drug-likeness (QED) is 0.0117. The molecule has 29 N–H and O–H groups in total. The van der Waals surface area contributed by atoms with Gasteiger partial charge in [0, 0.05) is 39.1 Å². The molecular formula is C52H94N20O17. The Labute approximate surface area is 514 Å². The van der Waals surface area contributed by atoms with Crippen molar-refractivity contribution >= 4 is 82.9 Å². The molecule has 0 radical (unpaired) electrons. The molecule has 0 aromatic heterocycles. The van der Waals surface area contributed by atoms with Crippen LogP contribution in [0.25, 0.3) is 0 Å². The highest BCUT2D eigenvalue weighted by atomic mass is 16.4. The van der Waals surface area contributed by atoms with E-state index in [0.717, 1.165) is 13.8 Å². The molecule has 0 fully saturated rings. The minimum Gasteiger partial charge on any atom is -0.480 e. The van der Waals surface area contributed by atoms with Crippen LogP contribution in [0.3, 0.4) is 0 Å². The minimum absolute atomic E-state index is 0.0387. The maximum Gasteiger partial charge on any atom is 0.328 e. The molecule has 0 bridgehead atoms. The molecule has 0 saturated carbocycles. The van der Waals surface area contributed by atoms with Gasteiger partial charge in [-0.2, -0.15) is 0 Å². The second kappa shape index (κ2) is 41.0. The summed E-state index contributed by atoms with van der Waals surface area (Å²) in [5.41, 5.74) is 38.5. The first-order valence-corrected chi connectivity index (χ1v) is 28.9. The Morgan fingerprint density at radius 1 is 0.483 bits per heavy atom. The molecular weight excluding hydrogens is 1180 g/mol. The number of amides is 11. The molecule has 11 amide bonds. The number of carboxylic acids is 1. The number of carbonyl (C=O) groups is 12. The topological polar surface area (TPSA) is 636 Å². The van der Waals surface area contributed by atoms with E-state index < -0.39 is 175 Å². The average Bonchev–Trinajstić information content (AvgIpc) is 2.13. The van der Waals surface area contributed by atoms with Crippen LogP contribution in [0, 0.1) is 0 Å². The van der Waals surface area contributed by atoms with Crippen molar-refractivity contribution in [2.24, 2.45) is 50.1 Å². The molecule has 37 heteroatoms. The van der Waals surface area contributed by atoms with E-state index in [2.05, 4.69) is 57.8 Å². The molecule has 0 unspecified atom stereocenters. The largest absolute Gasteiger partial charge is 0.480 e. The fourth-order valence-corrected chi connectivity index (χ4v) is 8.37. The Hall–Kier alpha value is -8.36. The SMILES string of the molecule is C[C@H](N)C(=O)N[C@@H](CCCN=C(N)N)C(=O)N[C@H](C(=O)N[C@@H](CN1CC=CCC1)C(=O)N[C@@H](CCC(N)=O)C(=O)N[C@H](C(=O)N[C@@H](C)C(=O)N[C@@H](CCCN=C(N)N)C(=O)N[C@@H](CCCCN)C(=O)N[C@@H](CO)C(=O)N[C@H](C(=O)O)[C@@H](C)O)[C@@H](C)O)[C@@H](C)O. The third kappa shape index (κ3) is 30.4. The van der Waals surface area contributed by atoms with E-state index in [1.807, 2.05) is 11.4 Å². The maximum atomic E-state index is 14.3. The number of carboxylic acid groups (broad SMARTS) is 1. The van der Waals surface area contributed by atoms with Gasteiger partial charge in [0.05, 0.1) is 31.0 Å². The van der Waals surface area contributed by atoms with Crippen LogP contribution in [0.2, 0.25) is 0 Å². The number of aliphatic hydroxyl groups excluding tert-OH is 4. The lowest BCUT2D eigenvalue weighted by molar-refractivity contribution is -0.145. The zero-order chi connectivity index (χ0) is 67.7. The van der Waals surface area contributed by atoms with Crippen molar-refractivity contribution in [3.05, 3.63) is 12.2 Å². The molecule has 1 rings (SSSR count). The zero-order valence-electron chi connectivity index (χ0n) is 50.8. The highest BCUT2D eigenvalue weighted by Crippen LogP contribution is 2.10. The average molecular weight is 1270 g/mol. The number of unbranched alkanes of at least 4 members (excludes halogenated alkanes) is 1. The summed E-state index contributed by atoms with van der Waals surface area (Å²) in [6.07, 6.45) is -1.32. The molecule has 1 heterocycles. The number of aliphatic hydroxyl groups is 4. The number of hydrogen-bond donors (Lipinski definition) is 22. The zero-order valence-corrected chi connectivity index (χ0v) is 50.8. The van der Waals surface area contributed by atoms with Gasteiger partial charge in [-0.15, -0.1) is 0 Å². The molecule has 0 aromatic rings. The van der Waals surface area contributed by atoms with E-state index in [1.165, 1.54) is 20.8 Å². The number of nitrogens with zero attached hydrogens (tertiary/aromatic N) is 3. The summed E-state index contributed by atoms with van der Waals surface area (Å²) in [6, 6.07) is -17.4. The van der Waals surface area contributed by atoms with Crippen LogP contribution in [0.4, 0.5) is 0 Å². The Bertz CT molecular complexity index is 2470. The van der Waals surface area contributed by atoms with Crippen molar-refractivity contribution in [2.45, 2.75) is 184 Å². The van der Waals surface area contributed by atoms with Crippen molar-refractivity contribution in [1.82, 2.24) is 58.1 Å². The van der Waals surface area contributed by atoms with Gasteiger partial charge in [-0.1, -0.05) is 12.2 Å². The van der Waals surface area contributed by atoms with Crippen LogP contribution in [-0.2, 0) is 57.5 Å². The van der Waals surface area contributed by atoms with E-state index in [-0.39, 0.29) is 76.6 Å². The van der Waals surface area contributed by atoms with Crippen molar-refractivity contribution in [3.8, 4) is 0 Å². The molecule has 504 valence electrons. The predicted molar refractivity (Wildman–Crippen MR) is 320 cm³/mol. The first-order chi connectivity index (χ1) is 41.7. The molecule has 37 nitrogen and oxygen atoms in total. The summed E-state index contributed by atoms with van der Waals surface area (Å²) >= 11 is 0. The van der Waals surface area contributed by atoms with Crippen LogP contribution in [0.15, 0.2) is 22.1 Å². The summed E-state index contributed by atoms with van der Waals surface area (Å²) < 4.78 is 0. The van der Waals surface area contributed by atoms with Gasteiger partial charge in [0.2, 0.25) is 65.0 Å². The van der Waals surface area contributed by atoms with Gasteiger partial charge >= 0.3 is 5.97 Å². The lowest BCUT2D eigenvalue weighted by Gasteiger charge is -2.31. The molecule has 0 aromatic carbocycles. The van der Waals surface area contributed by atoms with Crippen molar-refractivity contribution < 1.29 is 83.1 Å². The number of aliphatic imine (C=N–C) groups is 2. The van der Waals surface area contributed by atoms with E-state index in [0.29, 0.717) is 25.9 Å². The number of nitrogens with one attached hydrogen (secondary N) is 10. The second-order valence-electron chi connectivity index (χ2n) is 21.3. The lowest BCUT2D eigenvalue weighted by Crippen LogP contribution is -2.63. The predicted octanol–water partition coefficient (Wildman–Crippen LogP) is -10.8. The summed E-state index contributed by atoms with van der Waals surface area (Å²) in [7, 11) is 0. The number of rotatable bonds is 42. The molecule has 1 aliphatic rings. The Morgan fingerprint density at radius 3 is 1.29 bits per heavy atom. The lowest BCUT2D eigenvalue weighted by atomic mass is 10.0. The number of guanidine groups is 2. The Morgan fingerprint density at radius 2 is 0.876 bits per heavy atom. The van der Waals surface area contributed by atoms with E-state index in [4.69, 9.17) is 40.1 Å². The van der Waals surface area contributed by atoms with Crippen molar-refractivity contribution in [3.63, 3.8) is 0 Å². The van der Waals surface area contributed by atoms with Crippen LogP contribution < -0.4 is 93.3 Å². The number of hydrogen-bond acceptors (Lipinski definition) is 21. The molecule has 0 saturated heterocycles. The van der Waals surface area contributed by atoms with Gasteiger partial charge in [-0.25, -0.2) is 4.79 Å². The van der Waals surface area contributed by atoms with Crippen LogP contribution >= 0.6 is 0 Å². The van der Waals surface area contributed by atoms with Crippen molar-refractivity contribution in [1.29, 1.82) is 0 Å². The van der Waals surface area contributed by atoms with Crippen LogP contribution in [0.1, 0.15) is 98.8 Å². The Balaban J connectivity index is 3.52. The molecule has 89 heavy (non-hydrogen) atoms. The van der Waals surface area contributed by atoms with Crippen LogP contribution in [-0.4, -0.2) is 244 Å². The second-order valence-corrected chi connectivity index (χ2v) is 21.3. The first-order valence-electron chi connectivity index (χ1n) is 28.9. The smallest absolute Gasteiger partial charge is 0.328 e. The summed E-state index contributed by atoms with van der Waals surface area (Å²) in [6.45, 7) is 5.50. The fraction of sp³-hybridized carbons (Fsp3) is 0.692. The van der Waals surface area contributed by atoms with Gasteiger partial charge in [0.25, 0.3) is 0 Å². The third-order valence-corrected chi connectivity index (χ3v) is 13.4. The molecule has 1 aliphatic heterocycles. The van der Waals surface area contributed by atoms with Gasteiger partial charge in [-0.3, -0.25) is 67.6 Å². The number of primary amides is 1. The van der Waals surface area contributed by atoms with Gasteiger partial charge in [0.1, 0.15) is 54.4 Å². The highest BCUT2D eigenvalue weighted by molar-refractivity contribution is 5.99. The molecule has 0 aliphatic carbocycles. The van der Waals surface area contributed by atoms with Gasteiger partial charge in [-0.05, 0) is 99.0 Å². The third-order valence-electron chi connectivity index (χ3n) is 13.4. The minimum atomic E-state index is -1.90. The molecule has 14 atom stereocenters. The summed E-state index contributed by atoms with van der Waals surface area (Å²) in [5.74, 6) is -13.4. The Kier molecular flexibility index (Phi) is 36.2. The van der Waals surface area contributed by atoms with Crippen molar-refractivity contribution in [2.75, 3.05) is 45.9 Å². The maximum absolute atomic E-state index is 14.3. The van der Waals surface area contributed by atoms with Crippen LogP contribution in [0.5, 0.6) is 0 Å². The standard InChI is InChI=1S/C52H94N20O17/c1-25(54)40(78)63-32(15-12-20-61-52(58)59)44(82)70-38(28(4)75)49(87)67-34(23-72-21-9-6-10-22-72)46(84)66-33(16-17-36(55)77)45(83)69-37(27(3)74)48(86)62-26(2)41(79)64-31(14-11-19-60-51(56)57)42(80)65-30(13-7-8-18-53)43(81)68-35(24-73)47(85)71-39(29(5)76)50(88)89/h6,9,25-35,37-39,73-76H,7-8,10-24,53-54H2,1-5H3,(H2,55,77)(H,62,86)(H,63,78)(H,64,79)(H,65,80)(H,66,84)(H,67,87)(H,68,81)(H,69,83)(H,70,82)(H,71,85)(H,88,89)(H4,56,57,60)(H4,58,59,61)/t25-,26-,27+,28+,29+,30-,31-,32-,33-,34-,35-,37-,38-,39-/m0/s1. The van der Waals surface area contributed by atoms with E-state index >= 15 is 0 Å². The summed E-state index contributed by atoms with van der Waals surface area (Å²) in [5, 5.41) is 74.5. The summed E-state index contributed by atoms with van der Waals surface area (Å²) in [4.78, 5) is 170. The highest BCUT2D eigenvalue weighted by Gasteiger charge is 2.38. The normalized spacial score (nSPS) is 16.8. The number of nitrogens with two attached hydrogens (primary N) is 7. The number of aliphatic carboxylic acids is 1. The number of carbonyl (C=O) groups excluding carboxylic acids is 11. The van der Waals surface area contributed by atoms with Gasteiger partial charge in [0.15, 0.2) is 18.0 Å². The van der Waals surface area contributed by atoms with E-state index in [9.17, 15) is 83.1 Å².